The zero-order chi connectivity index (χ0) is 29.6. The fourth-order valence-electron chi connectivity index (χ4n) is 5.84. The number of nitriles is 1. The fraction of sp³-hybridized carbons (Fsp3) is 0.273. The van der Waals surface area contributed by atoms with E-state index in [9.17, 15) is 14.4 Å². The van der Waals surface area contributed by atoms with Gasteiger partial charge in [0.1, 0.15) is 11.6 Å². The summed E-state index contributed by atoms with van der Waals surface area (Å²) in [4.78, 5) is 16.8. The van der Waals surface area contributed by atoms with Gasteiger partial charge in [0, 0.05) is 39.0 Å². The number of hydrogen-bond acceptors (Lipinski definition) is 5. The second kappa shape index (κ2) is 11.2. The van der Waals surface area contributed by atoms with E-state index < -0.39 is 11.7 Å². The van der Waals surface area contributed by atoms with Crippen LogP contribution in [-0.4, -0.2) is 5.78 Å². The third-order valence-corrected chi connectivity index (χ3v) is 9.36. The van der Waals surface area contributed by atoms with Gasteiger partial charge in [-0.15, -0.1) is 11.8 Å². The smallest absolute Gasteiger partial charge is 0.162 e. The molecule has 8 heteroatoms. The highest BCUT2D eigenvalue weighted by atomic mass is 35.5. The van der Waals surface area contributed by atoms with Crippen LogP contribution < -0.4 is 10.6 Å². The molecule has 1 atom stereocenters. The molecule has 1 heterocycles. The number of anilines is 1. The number of hydrogen-bond donors (Lipinski definition) is 1. The van der Waals surface area contributed by atoms with Crippen molar-refractivity contribution >= 4 is 46.4 Å². The Kier molecular flexibility index (Phi) is 8.00. The molecule has 0 radical (unpaired) electrons. The first-order valence-electron chi connectivity index (χ1n) is 13.3. The first kappa shape index (κ1) is 29.3. The first-order chi connectivity index (χ1) is 19.4. The number of nitrogens with two attached hydrogens (primary N) is 1. The molecule has 0 saturated heterocycles. The Balaban J connectivity index is 1.67. The van der Waals surface area contributed by atoms with Crippen molar-refractivity contribution in [3.05, 3.63) is 115 Å². The molecule has 4 nitrogen and oxygen atoms in total. The molecule has 0 amide bonds. The third-order valence-electron chi connectivity index (χ3n) is 7.76. The molecule has 0 saturated carbocycles. The number of carbonyl (C=O) groups excluding carboxylic acids is 1. The van der Waals surface area contributed by atoms with E-state index in [1.807, 2.05) is 52.0 Å². The van der Waals surface area contributed by atoms with Gasteiger partial charge in [-0.05, 0) is 84.8 Å². The molecule has 1 unspecified atom stereocenters. The number of thioether (sulfide) groups is 1. The standard InChI is InChI=1S/C33H30Cl2FN3OS/c1-18-11-20(17-41-23-8-5-21(34)6-9-23)19(2)24(12-18)30-25(16-37)32(38)39(22-7-10-27(36)26(35)13-22)28-14-33(3,4)15-29(40)31(28)30/h5-13,30H,14-15,17,38H2,1-4H3. The summed E-state index contributed by atoms with van der Waals surface area (Å²) in [6, 6.07) is 18.6. The van der Waals surface area contributed by atoms with Crippen molar-refractivity contribution < 1.29 is 9.18 Å². The monoisotopic (exact) mass is 605 g/mol. The number of nitrogens with zero attached hydrogens (tertiary/aromatic N) is 2. The van der Waals surface area contributed by atoms with Gasteiger partial charge < -0.3 is 5.73 Å². The maximum absolute atomic E-state index is 14.1. The Bertz CT molecular complexity index is 1670. The van der Waals surface area contributed by atoms with Crippen molar-refractivity contribution in [2.24, 2.45) is 11.1 Å². The number of Topliss-reactive ketones (excluding diaryl/α,β-unsaturated/α-hetero) is 1. The van der Waals surface area contributed by atoms with Crippen molar-refractivity contribution in [3.63, 3.8) is 0 Å². The van der Waals surface area contributed by atoms with Gasteiger partial charge in [0.25, 0.3) is 0 Å². The van der Waals surface area contributed by atoms with Crippen LogP contribution >= 0.6 is 35.0 Å². The summed E-state index contributed by atoms with van der Waals surface area (Å²) in [5.74, 6) is -0.240. The zero-order valence-corrected chi connectivity index (χ0v) is 25.6. The summed E-state index contributed by atoms with van der Waals surface area (Å²) < 4.78 is 14.1. The predicted octanol–water partition coefficient (Wildman–Crippen LogP) is 8.98. The SMILES string of the molecule is Cc1cc(CSc2ccc(Cl)cc2)c(C)c(C2C(C#N)=C(N)N(c3ccc(F)c(Cl)c3)C3=C2C(=O)CC(C)(C)C3)c1. The number of aryl methyl sites for hydroxylation is 1. The van der Waals surface area contributed by atoms with Crippen LogP contribution in [0.25, 0.3) is 0 Å². The molecule has 3 aromatic rings. The number of rotatable bonds is 5. The Morgan fingerprint density at radius 3 is 2.46 bits per heavy atom. The number of benzene rings is 3. The number of allylic oxidation sites excluding steroid dienone is 3. The quantitative estimate of drug-likeness (QED) is 0.294. The van der Waals surface area contributed by atoms with Gasteiger partial charge in [-0.3, -0.25) is 9.69 Å². The second-order valence-electron chi connectivity index (χ2n) is 11.5. The van der Waals surface area contributed by atoms with E-state index in [0.29, 0.717) is 40.5 Å². The van der Waals surface area contributed by atoms with Crippen LogP contribution in [-0.2, 0) is 10.5 Å². The van der Waals surface area contributed by atoms with Gasteiger partial charge in [-0.25, -0.2) is 4.39 Å². The molecule has 1 aliphatic heterocycles. The topological polar surface area (TPSA) is 70.1 Å². The van der Waals surface area contributed by atoms with Gasteiger partial charge in [-0.1, -0.05) is 54.7 Å². The fourth-order valence-corrected chi connectivity index (χ4v) is 7.10. The molecule has 2 aliphatic rings. The van der Waals surface area contributed by atoms with Gasteiger partial charge in [0.2, 0.25) is 0 Å². The van der Waals surface area contributed by atoms with Gasteiger partial charge >= 0.3 is 0 Å². The van der Waals surface area contributed by atoms with Crippen molar-refractivity contribution in [3.8, 4) is 6.07 Å². The molecule has 0 bridgehead atoms. The van der Waals surface area contributed by atoms with Crippen LogP contribution in [0.4, 0.5) is 10.1 Å². The number of halogens is 3. The summed E-state index contributed by atoms with van der Waals surface area (Å²) in [5, 5.41) is 11.1. The minimum atomic E-state index is -0.607. The van der Waals surface area contributed by atoms with E-state index in [4.69, 9.17) is 28.9 Å². The van der Waals surface area contributed by atoms with Crippen LogP contribution in [0.5, 0.6) is 0 Å². The second-order valence-corrected chi connectivity index (χ2v) is 13.4. The van der Waals surface area contributed by atoms with Crippen LogP contribution in [0.1, 0.15) is 54.9 Å². The molecule has 41 heavy (non-hydrogen) atoms. The van der Waals surface area contributed by atoms with E-state index in [1.165, 1.54) is 12.1 Å². The summed E-state index contributed by atoms with van der Waals surface area (Å²) in [7, 11) is 0. The largest absolute Gasteiger partial charge is 0.384 e. The van der Waals surface area contributed by atoms with Crippen LogP contribution in [0.2, 0.25) is 10.0 Å². The molecule has 2 N–H and O–H groups in total. The molecule has 210 valence electrons. The summed E-state index contributed by atoms with van der Waals surface area (Å²) in [6.45, 7) is 8.16. The van der Waals surface area contributed by atoms with E-state index >= 15 is 0 Å². The van der Waals surface area contributed by atoms with E-state index in [2.05, 4.69) is 18.2 Å². The molecular formula is C33H30Cl2FN3OS. The van der Waals surface area contributed by atoms with Crippen molar-refractivity contribution in [1.29, 1.82) is 5.26 Å². The minimum Gasteiger partial charge on any atom is -0.384 e. The minimum absolute atomic E-state index is 0.0160. The first-order valence-corrected chi connectivity index (χ1v) is 15.0. The van der Waals surface area contributed by atoms with E-state index in [0.717, 1.165) is 32.8 Å². The Morgan fingerprint density at radius 1 is 1.10 bits per heavy atom. The van der Waals surface area contributed by atoms with Crippen LogP contribution in [0.15, 0.2) is 82.2 Å². The van der Waals surface area contributed by atoms with Gasteiger partial charge in [0.15, 0.2) is 5.78 Å². The summed E-state index contributed by atoms with van der Waals surface area (Å²) in [6.07, 6.45) is 0.909. The highest BCUT2D eigenvalue weighted by Crippen LogP contribution is 2.51. The molecule has 0 aromatic heterocycles. The summed E-state index contributed by atoms with van der Waals surface area (Å²) in [5.41, 5.74) is 12.6. The van der Waals surface area contributed by atoms with Gasteiger partial charge in [0.05, 0.1) is 22.6 Å². The Hall–Kier alpha value is -3.24. The molecule has 5 rings (SSSR count). The van der Waals surface area contributed by atoms with E-state index in [1.54, 1.807) is 22.7 Å². The lowest BCUT2D eigenvalue weighted by molar-refractivity contribution is -0.118. The maximum atomic E-state index is 14.1. The lowest BCUT2D eigenvalue weighted by Gasteiger charge is -2.44. The average molecular weight is 607 g/mol. The van der Waals surface area contributed by atoms with Crippen molar-refractivity contribution in [1.82, 2.24) is 0 Å². The van der Waals surface area contributed by atoms with Gasteiger partial charge in [-0.2, -0.15) is 5.26 Å². The van der Waals surface area contributed by atoms with Crippen molar-refractivity contribution in [2.45, 2.75) is 57.1 Å². The number of ketones is 1. The molecule has 0 fully saturated rings. The molecule has 3 aromatic carbocycles. The van der Waals surface area contributed by atoms with Crippen molar-refractivity contribution in [2.75, 3.05) is 4.90 Å². The van der Waals surface area contributed by atoms with Crippen LogP contribution in [0.3, 0.4) is 0 Å². The maximum Gasteiger partial charge on any atom is 0.162 e. The van der Waals surface area contributed by atoms with Crippen LogP contribution in [0, 0.1) is 36.4 Å². The lowest BCUT2D eigenvalue weighted by Crippen LogP contribution is -2.42. The normalized spacial score (nSPS) is 18.4. The zero-order valence-electron chi connectivity index (χ0n) is 23.3. The highest BCUT2D eigenvalue weighted by molar-refractivity contribution is 7.98. The Morgan fingerprint density at radius 2 is 1.80 bits per heavy atom. The predicted molar refractivity (Wildman–Crippen MR) is 165 cm³/mol. The number of carbonyl (C=O) groups is 1. The highest BCUT2D eigenvalue weighted by Gasteiger charge is 2.45. The molecule has 0 spiro atoms. The molecular weight excluding hydrogens is 576 g/mol. The summed E-state index contributed by atoms with van der Waals surface area (Å²) >= 11 is 13.9. The average Bonchev–Trinajstić information content (AvgIpc) is 2.90. The Labute approximate surface area is 254 Å². The lowest BCUT2D eigenvalue weighted by atomic mass is 9.68. The molecule has 1 aliphatic carbocycles. The van der Waals surface area contributed by atoms with E-state index in [-0.39, 0.29) is 22.0 Å². The third kappa shape index (κ3) is 5.64.